The highest BCUT2D eigenvalue weighted by Crippen LogP contribution is 2.48. The van der Waals surface area contributed by atoms with Crippen molar-refractivity contribution in [3.8, 4) is 0 Å². The molecule has 2 aliphatic rings. The zero-order valence-corrected chi connectivity index (χ0v) is 15.8. The molecule has 5 heteroatoms. The molecular weight excluding hydrogens is 340 g/mol. The molecule has 4 rings (SSSR count). The molecule has 142 valence electrons. The Morgan fingerprint density at radius 3 is 2.59 bits per heavy atom. The fraction of sp³-hybridized carbons (Fsp3) is 0.455. The summed E-state index contributed by atoms with van der Waals surface area (Å²) >= 11 is 0. The number of amides is 1. The first-order chi connectivity index (χ1) is 13.1. The minimum atomic E-state index is -0.133. The van der Waals surface area contributed by atoms with Gasteiger partial charge in [0.05, 0.1) is 6.10 Å². The summed E-state index contributed by atoms with van der Waals surface area (Å²) in [4.78, 5) is 26.5. The number of hydrogen-bond acceptors (Lipinski definition) is 3. The molecule has 0 N–H and O–H groups in total. The Morgan fingerprint density at radius 1 is 1.11 bits per heavy atom. The molecule has 1 unspecified atom stereocenters. The van der Waals surface area contributed by atoms with Gasteiger partial charge in [-0.1, -0.05) is 30.3 Å². The third kappa shape index (κ3) is 3.32. The molecule has 27 heavy (non-hydrogen) atoms. The Morgan fingerprint density at radius 2 is 1.85 bits per heavy atom. The smallest absolute Gasteiger partial charge is 0.250 e. The summed E-state index contributed by atoms with van der Waals surface area (Å²) in [6.45, 7) is 1.60. The van der Waals surface area contributed by atoms with Crippen LogP contribution >= 0.6 is 0 Å². The maximum atomic E-state index is 12.7. The summed E-state index contributed by atoms with van der Waals surface area (Å²) in [5.41, 5.74) is 2.72. The van der Waals surface area contributed by atoms with E-state index in [1.165, 1.54) is 21.8 Å². The SMILES string of the molecule is COC1CCC2(CCN(C(=O)Cn3ccccc3=O)CC2)c2ccccc21. The second-order valence-corrected chi connectivity index (χ2v) is 7.68. The Bertz CT molecular complexity index is 881. The van der Waals surface area contributed by atoms with Crippen LogP contribution in [0.3, 0.4) is 0 Å². The fourth-order valence-corrected chi connectivity index (χ4v) is 4.74. The van der Waals surface area contributed by atoms with Crippen LogP contribution in [-0.4, -0.2) is 35.6 Å². The van der Waals surface area contributed by atoms with Gasteiger partial charge in [0, 0.05) is 32.5 Å². The number of nitrogens with zero attached hydrogens (tertiary/aromatic N) is 2. The minimum Gasteiger partial charge on any atom is -0.377 e. The molecule has 1 spiro atoms. The van der Waals surface area contributed by atoms with E-state index in [0.29, 0.717) is 0 Å². The number of benzene rings is 1. The molecule has 1 aromatic carbocycles. The van der Waals surface area contributed by atoms with Gasteiger partial charge in [-0.3, -0.25) is 9.59 Å². The molecule has 1 saturated heterocycles. The van der Waals surface area contributed by atoms with Gasteiger partial charge in [0.2, 0.25) is 5.91 Å². The number of hydrogen-bond donors (Lipinski definition) is 0. The summed E-state index contributed by atoms with van der Waals surface area (Å²) < 4.78 is 7.17. The van der Waals surface area contributed by atoms with Crippen molar-refractivity contribution in [3.05, 3.63) is 70.1 Å². The zero-order chi connectivity index (χ0) is 18.9. The number of ether oxygens (including phenoxy) is 1. The lowest BCUT2D eigenvalue weighted by molar-refractivity contribution is -0.133. The monoisotopic (exact) mass is 366 g/mol. The topological polar surface area (TPSA) is 51.5 Å². The number of likely N-dealkylation sites (tertiary alicyclic amines) is 1. The van der Waals surface area contributed by atoms with Crippen LogP contribution in [0.2, 0.25) is 0 Å². The highest BCUT2D eigenvalue weighted by Gasteiger charge is 2.42. The number of carbonyl (C=O) groups excluding carboxylic acids is 1. The standard InChI is InChI=1S/C22H26N2O3/c1-27-19-9-10-22(18-7-3-2-6-17(18)19)11-14-23(15-12-22)21(26)16-24-13-5-4-8-20(24)25/h2-8,13,19H,9-12,14-16H2,1H3. The van der Waals surface area contributed by atoms with Gasteiger partial charge < -0.3 is 14.2 Å². The highest BCUT2D eigenvalue weighted by molar-refractivity contribution is 5.76. The normalized spacial score (nSPS) is 21.1. The van der Waals surface area contributed by atoms with Crippen LogP contribution < -0.4 is 5.56 Å². The summed E-state index contributed by atoms with van der Waals surface area (Å²) in [5.74, 6) is 0.0250. The van der Waals surface area contributed by atoms with Crippen molar-refractivity contribution in [1.82, 2.24) is 9.47 Å². The number of pyridine rings is 1. The van der Waals surface area contributed by atoms with Crippen LogP contribution in [0.1, 0.15) is 42.9 Å². The van der Waals surface area contributed by atoms with E-state index >= 15 is 0 Å². The number of methoxy groups -OCH3 is 1. The first kappa shape index (κ1) is 18.0. The average molecular weight is 366 g/mol. The van der Waals surface area contributed by atoms with Crippen molar-refractivity contribution in [3.63, 3.8) is 0 Å². The van der Waals surface area contributed by atoms with Crippen molar-refractivity contribution in [2.45, 2.75) is 43.7 Å². The number of aromatic nitrogens is 1. The molecule has 1 fully saturated rings. The van der Waals surface area contributed by atoms with E-state index in [4.69, 9.17) is 4.74 Å². The zero-order valence-electron chi connectivity index (χ0n) is 15.8. The van der Waals surface area contributed by atoms with Crippen molar-refractivity contribution in [2.24, 2.45) is 0 Å². The number of rotatable bonds is 3. The fourth-order valence-electron chi connectivity index (χ4n) is 4.74. The van der Waals surface area contributed by atoms with E-state index in [1.807, 2.05) is 4.90 Å². The molecule has 2 heterocycles. The Kier molecular flexibility index (Phi) is 4.87. The second-order valence-electron chi connectivity index (χ2n) is 7.68. The molecule has 1 aromatic heterocycles. The van der Waals surface area contributed by atoms with E-state index < -0.39 is 0 Å². The van der Waals surface area contributed by atoms with Gasteiger partial charge in [-0.2, -0.15) is 0 Å². The number of piperidine rings is 1. The summed E-state index contributed by atoms with van der Waals surface area (Å²) in [7, 11) is 1.78. The summed E-state index contributed by atoms with van der Waals surface area (Å²) in [6, 6.07) is 13.6. The van der Waals surface area contributed by atoms with Crippen LogP contribution in [0, 0.1) is 0 Å². The third-order valence-electron chi connectivity index (χ3n) is 6.33. The maximum absolute atomic E-state index is 12.7. The minimum absolute atomic E-state index is 0.0250. The summed E-state index contributed by atoms with van der Waals surface area (Å²) in [6.07, 6.45) is 5.92. The lowest BCUT2D eigenvalue weighted by atomic mass is 9.64. The van der Waals surface area contributed by atoms with Crippen LogP contribution in [-0.2, 0) is 21.5 Å². The van der Waals surface area contributed by atoms with Gasteiger partial charge in [0.1, 0.15) is 6.54 Å². The molecule has 0 saturated carbocycles. The van der Waals surface area contributed by atoms with Crippen molar-refractivity contribution < 1.29 is 9.53 Å². The Hall–Kier alpha value is -2.40. The molecule has 5 nitrogen and oxygen atoms in total. The predicted molar refractivity (Wildman–Crippen MR) is 104 cm³/mol. The van der Waals surface area contributed by atoms with E-state index in [2.05, 4.69) is 24.3 Å². The van der Waals surface area contributed by atoms with E-state index in [0.717, 1.165) is 38.8 Å². The van der Waals surface area contributed by atoms with Gasteiger partial charge in [-0.05, 0) is 48.3 Å². The quantitative estimate of drug-likeness (QED) is 0.839. The number of carbonyl (C=O) groups is 1. The molecule has 1 atom stereocenters. The molecule has 1 aliphatic carbocycles. The largest absolute Gasteiger partial charge is 0.377 e. The van der Waals surface area contributed by atoms with Crippen molar-refractivity contribution in [1.29, 1.82) is 0 Å². The van der Waals surface area contributed by atoms with Crippen LogP contribution in [0.4, 0.5) is 0 Å². The molecule has 1 amide bonds. The highest BCUT2D eigenvalue weighted by atomic mass is 16.5. The number of fused-ring (bicyclic) bond motifs is 2. The van der Waals surface area contributed by atoms with Crippen molar-refractivity contribution in [2.75, 3.05) is 20.2 Å². The van der Waals surface area contributed by atoms with Gasteiger partial charge in [-0.25, -0.2) is 0 Å². The summed E-state index contributed by atoms with van der Waals surface area (Å²) in [5, 5.41) is 0. The first-order valence-corrected chi connectivity index (χ1v) is 9.68. The third-order valence-corrected chi connectivity index (χ3v) is 6.33. The maximum Gasteiger partial charge on any atom is 0.250 e. The van der Waals surface area contributed by atoms with Gasteiger partial charge in [0.15, 0.2) is 0 Å². The van der Waals surface area contributed by atoms with Crippen LogP contribution in [0.15, 0.2) is 53.5 Å². The van der Waals surface area contributed by atoms with Gasteiger partial charge >= 0.3 is 0 Å². The molecule has 0 bridgehead atoms. The molecular formula is C22H26N2O3. The lowest BCUT2D eigenvalue weighted by Crippen LogP contribution is -2.48. The van der Waals surface area contributed by atoms with E-state index in [9.17, 15) is 9.59 Å². The van der Waals surface area contributed by atoms with Gasteiger partial charge in [0.25, 0.3) is 5.56 Å². The Balaban J connectivity index is 1.48. The molecule has 1 aliphatic heterocycles. The van der Waals surface area contributed by atoms with Crippen molar-refractivity contribution >= 4 is 5.91 Å². The second kappa shape index (κ2) is 7.31. The van der Waals surface area contributed by atoms with E-state index in [1.54, 1.807) is 25.4 Å². The van der Waals surface area contributed by atoms with Crippen LogP contribution in [0.5, 0.6) is 0 Å². The Labute approximate surface area is 159 Å². The molecule has 2 aromatic rings. The van der Waals surface area contributed by atoms with Gasteiger partial charge in [-0.15, -0.1) is 0 Å². The first-order valence-electron chi connectivity index (χ1n) is 9.68. The average Bonchev–Trinajstić information content (AvgIpc) is 2.71. The van der Waals surface area contributed by atoms with E-state index in [-0.39, 0.29) is 29.5 Å². The molecule has 0 radical (unpaired) electrons. The lowest BCUT2D eigenvalue weighted by Gasteiger charge is -2.47. The van der Waals surface area contributed by atoms with Crippen LogP contribution in [0.25, 0.3) is 0 Å². The predicted octanol–water partition coefficient (Wildman–Crippen LogP) is 2.89.